The summed E-state index contributed by atoms with van der Waals surface area (Å²) in [4.78, 5) is 13.2. The zero-order chi connectivity index (χ0) is 16.9. The monoisotopic (exact) mass is 427 g/mol. The molecule has 0 atom stereocenters. The zero-order valence-corrected chi connectivity index (χ0v) is 15.8. The number of fused-ring (bicyclic) bond motifs is 1. The minimum absolute atomic E-state index is 0.128. The summed E-state index contributed by atoms with van der Waals surface area (Å²) < 4.78 is 12.2. The third-order valence-electron chi connectivity index (χ3n) is 3.28. The van der Waals surface area contributed by atoms with E-state index in [1.807, 2.05) is 24.3 Å². The van der Waals surface area contributed by atoms with Gasteiger partial charge in [-0.15, -0.1) is 11.8 Å². The molecular weight excluding hydrogens is 414 g/mol. The summed E-state index contributed by atoms with van der Waals surface area (Å²) in [6.07, 6.45) is 0.817. The molecule has 7 heteroatoms. The van der Waals surface area contributed by atoms with E-state index in [1.165, 1.54) is 11.8 Å². The van der Waals surface area contributed by atoms with Gasteiger partial charge in [-0.2, -0.15) is 0 Å². The fraction of sp³-hybridized carbons (Fsp3) is 0.235. The van der Waals surface area contributed by atoms with Gasteiger partial charge < -0.3 is 14.8 Å². The van der Waals surface area contributed by atoms with Crippen LogP contribution >= 0.6 is 39.3 Å². The van der Waals surface area contributed by atoms with Gasteiger partial charge in [0.05, 0.1) is 29.7 Å². The van der Waals surface area contributed by atoms with E-state index in [1.54, 1.807) is 12.1 Å². The molecule has 3 rings (SSSR count). The summed E-state index contributed by atoms with van der Waals surface area (Å²) in [5.41, 5.74) is 0.528. The number of carbonyl (C=O) groups is 1. The Balaban J connectivity index is 1.64. The normalized spacial score (nSPS) is 13.2. The average Bonchev–Trinajstić information content (AvgIpc) is 2.78. The van der Waals surface area contributed by atoms with Crippen molar-refractivity contribution in [1.29, 1.82) is 0 Å². The van der Waals surface area contributed by atoms with Crippen molar-refractivity contribution in [3.8, 4) is 11.5 Å². The molecule has 1 N–H and O–H groups in total. The molecule has 0 aliphatic carbocycles. The van der Waals surface area contributed by atoms with Crippen LogP contribution in [-0.4, -0.2) is 24.9 Å². The van der Waals surface area contributed by atoms with Crippen molar-refractivity contribution in [2.45, 2.75) is 11.3 Å². The molecule has 1 aliphatic heterocycles. The molecule has 0 spiro atoms. The first kappa shape index (κ1) is 17.5. The fourth-order valence-electron chi connectivity index (χ4n) is 2.17. The highest BCUT2D eigenvalue weighted by molar-refractivity contribution is 9.10. The predicted molar refractivity (Wildman–Crippen MR) is 101 cm³/mol. The molecule has 0 saturated carbocycles. The molecule has 1 aliphatic rings. The molecule has 0 fully saturated rings. The number of benzene rings is 2. The van der Waals surface area contributed by atoms with E-state index in [4.69, 9.17) is 21.1 Å². The molecule has 4 nitrogen and oxygen atoms in total. The third kappa shape index (κ3) is 4.59. The maximum atomic E-state index is 12.2. The molecule has 0 unspecified atom stereocenters. The van der Waals surface area contributed by atoms with Crippen LogP contribution < -0.4 is 14.8 Å². The van der Waals surface area contributed by atoms with Gasteiger partial charge in [0.2, 0.25) is 5.91 Å². The number of nitrogens with one attached hydrogen (secondary N) is 1. The second-order valence-corrected chi connectivity index (χ2v) is 7.50. The van der Waals surface area contributed by atoms with Crippen molar-refractivity contribution in [2.75, 3.05) is 24.3 Å². The number of thioether (sulfide) groups is 1. The molecule has 0 saturated heterocycles. The summed E-state index contributed by atoms with van der Waals surface area (Å²) >= 11 is 11.1. The lowest BCUT2D eigenvalue weighted by Gasteiger charge is -2.12. The summed E-state index contributed by atoms with van der Waals surface area (Å²) in [5.74, 6) is 1.38. The third-order valence-corrected chi connectivity index (χ3v) is 5.08. The first-order valence-electron chi connectivity index (χ1n) is 7.39. The number of carbonyl (C=O) groups excluding carboxylic acids is 1. The fourth-order valence-corrected chi connectivity index (χ4v) is 3.68. The van der Waals surface area contributed by atoms with E-state index in [0.29, 0.717) is 41.2 Å². The van der Waals surface area contributed by atoms with Gasteiger partial charge in [-0.1, -0.05) is 33.6 Å². The minimum atomic E-state index is -0.128. The van der Waals surface area contributed by atoms with Crippen LogP contribution in [-0.2, 0) is 4.79 Å². The highest BCUT2D eigenvalue weighted by Crippen LogP contribution is 2.37. The van der Waals surface area contributed by atoms with Crippen LogP contribution in [0.15, 0.2) is 45.8 Å². The first-order valence-corrected chi connectivity index (χ1v) is 9.55. The molecule has 1 amide bonds. The van der Waals surface area contributed by atoms with E-state index in [9.17, 15) is 4.79 Å². The Kier molecular flexibility index (Phi) is 5.92. The number of halogens is 2. The number of anilines is 1. The van der Waals surface area contributed by atoms with E-state index in [2.05, 4.69) is 21.2 Å². The predicted octanol–water partition coefficient (Wildman–Crippen LogP) is 4.99. The topological polar surface area (TPSA) is 47.6 Å². The quantitative estimate of drug-likeness (QED) is 0.697. The first-order chi connectivity index (χ1) is 11.6. The maximum absolute atomic E-state index is 12.2. The Hall–Kier alpha value is -1.37. The number of hydrogen-bond acceptors (Lipinski definition) is 4. The van der Waals surface area contributed by atoms with Crippen LogP contribution in [0.25, 0.3) is 0 Å². The van der Waals surface area contributed by atoms with Crippen LogP contribution in [0.2, 0.25) is 5.02 Å². The lowest BCUT2D eigenvalue weighted by Crippen LogP contribution is -2.14. The largest absolute Gasteiger partial charge is 0.490 e. The summed E-state index contributed by atoms with van der Waals surface area (Å²) in [7, 11) is 0. The van der Waals surface area contributed by atoms with Gasteiger partial charge in [0.25, 0.3) is 0 Å². The molecule has 2 aromatic carbocycles. The SMILES string of the molecule is O=C(CSc1cccc(Br)c1)Nc1cc2c(cc1Cl)OCCCO2. The standard InChI is InChI=1S/C17H15BrClNO3S/c18-11-3-1-4-12(7-11)24-10-17(21)20-14-9-16-15(8-13(14)19)22-5-2-6-23-16/h1,3-4,7-9H,2,5-6,10H2,(H,20,21). The Morgan fingerprint density at radius 1 is 1.21 bits per heavy atom. The lowest BCUT2D eigenvalue weighted by atomic mass is 10.2. The van der Waals surface area contributed by atoms with Crippen LogP contribution in [0, 0.1) is 0 Å². The highest BCUT2D eigenvalue weighted by atomic mass is 79.9. The smallest absolute Gasteiger partial charge is 0.234 e. The number of ether oxygens (including phenoxy) is 2. The number of amides is 1. The van der Waals surface area contributed by atoms with Crippen LogP contribution in [0.4, 0.5) is 5.69 Å². The molecule has 1 heterocycles. The van der Waals surface area contributed by atoms with E-state index < -0.39 is 0 Å². The molecule has 2 aromatic rings. The number of hydrogen-bond donors (Lipinski definition) is 1. The van der Waals surface area contributed by atoms with E-state index >= 15 is 0 Å². The zero-order valence-electron chi connectivity index (χ0n) is 12.7. The molecule has 0 aromatic heterocycles. The van der Waals surface area contributed by atoms with Gasteiger partial charge in [-0.3, -0.25) is 4.79 Å². The van der Waals surface area contributed by atoms with Crippen molar-refractivity contribution in [2.24, 2.45) is 0 Å². The Bertz CT molecular complexity index is 757. The van der Waals surface area contributed by atoms with Gasteiger partial charge in [0, 0.05) is 27.9 Å². The van der Waals surface area contributed by atoms with E-state index in [0.717, 1.165) is 15.8 Å². The Labute approximate surface area is 158 Å². The second-order valence-electron chi connectivity index (χ2n) is 5.12. The van der Waals surface area contributed by atoms with Gasteiger partial charge in [0.1, 0.15) is 0 Å². The van der Waals surface area contributed by atoms with Gasteiger partial charge in [0.15, 0.2) is 11.5 Å². The average molecular weight is 429 g/mol. The Morgan fingerprint density at radius 2 is 1.96 bits per heavy atom. The molecule has 24 heavy (non-hydrogen) atoms. The van der Waals surface area contributed by atoms with Gasteiger partial charge >= 0.3 is 0 Å². The molecule has 126 valence electrons. The van der Waals surface area contributed by atoms with Crippen LogP contribution in [0.1, 0.15) is 6.42 Å². The van der Waals surface area contributed by atoms with Crippen LogP contribution in [0.5, 0.6) is 11.5 Å². The maximum Gasteiger partial charge on any atom is 0.234 e. The van der Waals surface area contributed by atoms with Crippen molar-refractivity contribution in [3.05, 3.63) is 45.9 Å². The van der Waals surface area contributed by atoms with Crippen molar-refractivity contribution in [1.82, 2.24) is 0 Å². The van der Waals surface area contributed by atoms with Crippen molar-refractivity contribution in [3.63, 3.8) is 0 Å². The summed E-state index contributed by atoms with van der Waals surface area (Å²) in [5, 5.41) is 3.26. The summed E-state index contributed by atoms with van der Waals surface area (Å²) in [6.45, 7) is 1.18. The summed E-state index contributed by atoms with van der Waals surface area (Å²) in [6, 6.07) is 11.2. The Morgan fingerprint density at radius 3 is 2.71 bits per heavy atom. The second kappa shape index (κ2) is 8.14. The molecule has 0 radical (unpaired) electrons. The number of rotatable bonds is 4. The van der Waals surface area contributed by atoms with Gasteiger partial charge in [-0.05, 0) is 18.2 Å². The lowest BCUT2D eigenvalue weighted by molar-refractivity contribution is -0.113. The van der Waals surface area contributed by atoms with Crippen molar-refractivity contribution >= 4 is 50.9 Å². The van der Waals surface area contributed by atoms with E-state index in [-0.39, 0.29) is 5.91 Å². The highest BCUT2D eigenvalue weighted by Gasteiger charge is 2.15. The minimum Gasteiger partial charge on any atom is -0.490 e. The molecule has 0 bridgehead atoms. The van der Waals surface area contributed by atoms with Crippen molar-refractivity contribution < 1.29 is 14.3 Å². The van der Waals surface area contributed by atoms with Crippen LogP contribution in [0.3, 0.4) is 0 Å². The molecular formula is C17H15BrClNO3S. The van der Waals surface area contributed by atoms with Gasteiger partial charge in [-0.25, -0.2) is 0 Å².